The van der Waals surface area contributed by atoms with Crippen LogP contribution in [0.25, 0.3) is 11.1 Å². The summed E-state index contributed by atoms with van der Waals surface area (Å²) in [6, 6.07) is 9.94. The molecule has 0 unspecified atom stereocenters. The second-order valence-corrected chi connectivity index (χ2v) is 6.54. The summed E-state index contributed by atoms with van der Waals surface area (Å²) < 4.78 is 28.8. The lowest BCUT2D eigenvalue weighted by molar-refractivity contribution is 0.0698. The summed E-state index contributed by atoms with van der Waals surface area (Å²) in [6.07, 6.45) is 0. The number of thiophene rings is 1. The number of amides is 1. The number of hydrogen-bond donors (Lipinski definition) is 2. The Morgan fingerprint density at radius 3 is 2.35 bits per heavy atom. The fourth-order valence-corrected chi connectivity index (χ4v) is 3.35. The third-order valence-corrected chi connectivity index (χ3v) is 4.80. The summed E-state index contributed by atoms with van der Waals surface area (Å²) >= 11 is 6.88. The van der Waals surface area contributed by atoms with E-state index in [0.717, 1.165) is 23.5 Å². The van der Waals surface area contributed by atoms with Crippen LogP contribution in [0.3, 0.4) is 0 Å². The van der Waals surface area contributed by atoms with Gasteiger partial charge in [0.05, 0.1) is 5.56 Å². The molecule has 0 spiro atoms. The maximum Gasteiger partial charge on any atom is 0.346 e. The van der Waals surface area contributed by atoms with Gasteiger partial charge in [-0.2, -0.15) is 0 Å². The average molecular weight is 394 g/mol. The van der Waals surface area contributed by atoms with Crippen molar-refractivity contribution in [2.45, 2.75) is 0 Å². The Hall–Kier alpha value is -2.77. The summed E-state index contributed by atoms with van der Waals surface area (Å²) in [7, 11) is 0. The maximum atomic E-state index is 14.4. The van der Waals surface area contributed by atoms with E-state index in [2.05, 4.69) is 5.32 Å². The number of hydrogen-bond acceptors (Lipinski definition) is 3. The van der Waals surface area contributed by atoms with Gasteiger partial charge in [0.2, 0.25) is 0 Å². The zero-order chi connectivity index (χ0) is 18.8. The van der Waals surface area contributed by atoms with E-state index in [-0.39, 0.29) is 16.0 Å². The Balaban J connectivity index is 1.94. The number of carboxylic acids is 1. The van der Waals surface area contributed by atoms with Crippen molar-refractivity contribution in [2.75, 3.05) is 5.32 Å². The summed E-state index contributed by atoms with van der Waals surface area (Å²) in [5, 5.41) is 12.9. The fraction of sp³-hybridized carbons (Fsp3) is 0. The topological polar surface area (TPSA) is 66.4 Å². The molecule has 0 aliphatic rings. The van der Waals surface area contributed by atoms with Crippen molar-refractivity contribution in [3.8, 4) is 11.1 Å². The molecule has 132 valence electrons. The minimum atomic E-state index is -1.29. The van der Waals surface area contributed by atoms with Crippen LogP contribution in [0.15, 0.2) is 47.8 Å². The van der Waals surface area contributed by atoms with Gasteiger partial charge >= 0.3 is 5.97 Å². The van der Waals surface area contributed by atoms with Crippen molar-refractivity contribution in [1.29, 1.82) is 0 Å². The number of nitrogens with one attached hydrogen (secondary N) is 1. The highest BCUT2D eigenvalue weighted by Gasteiger charge is 2.21. The van der Waals surface area contributed by atoms with Crippen LogP contribution in [0.5, 0.6) is 0 Å². The first-order valence-corrected chi connectivity index (χ1v) is 8.50. The Kier molecular flexibility index (Phi) is 5.01. The highest BCUT2D eigenvalue weighted by Crippen LogP contribution is 2.32. The van der Waals surface area contributed by atoms with E-state index in [1.807, 2.05) is 0 Å². The first-order valence-electron chi connectivity index (χ1n) is 7.24. The number of carboxylic acid groups (broad SMARTS) is 1. The number of carbonyl (C=O) groups excluding carboxylic acids is 1. The third-order valence-electron chi connectivity index (χ3n) is 3.57. The summed E-state index contributed by atoms with van der Waals surface area (Å²) in [5.74, 6) is -4.20. The second-order valence-electron chi connectivity index (χ2n) is 5.22. The second kappa shape index (κ2) is 7.23. The molecule has 1 heterocycles. The lowest BCUT2D eigenvalue weighted by Crippen LogP contribution is -2.16. The van der Waals surface area contributed by atoms with Crippen molar-refractivity contribution in [2.24, 2.45) is 0 Å². The van der Waals surface area contributed by atoms with Crippen LogP contribution in [0, 0.1) is 11.6 Å². The van der Waals surface area contributed by atoms with Gasteiger partial charge < -0.3 is 10.4 Å². The highest BCUT2D eigenvalue weighted by molar-refractivity contribution is 7.12. The molecule has 3 rings (SSSR count). The molecule has 26 heavy (non-hydrogen) atoms. The van der Waals surface area contributed by atoms with Gasteiger partial charge in [0.15, 0.2) is 0 Å². The van der Waals surface area contributed by atoms with E-state index < -0.39 is 29.2 Å². The van der Waals surface area contributed by atoms with Crippen LogP contribution in [-0.2, 0) is 0 Å². The van der Waals surface area contributed by atoms with Crippen LogP contribution in [0.2, 0.25) is 5.02 Å². The minimum absolute atomic E-state index is 0.170. The smallest absolute Gasteiger partial charge is 0.346 e. The Morgan fingerprint density at radius 2 is 1.73 bits per heavy atom. The van der Waals surface area contributed by atoms with E-state index in [0.29, 0.717) is 10.6 Å². The molecule has 0 bridgehead atoms. The molecule has 0 saturated carbocycles. The van der Waals surface area contributed by atoms with E-state index >= 15 is 0 Å². The molecule has 0 aliphatic heterocycles. The van der Waals surface area contributed by atoms with Gasteiger partial charge in [0.25, 0.3) is 5.91 Å². The predicted molar refractivity (Wildman–Crippen MR) is 96.0 cm³/mol. The highest BCUT2D eigenvalue weighted by atomic mass is 35.5. The third kappa shape index (κ3) is 3.44. The van der Waals surface area contributed by atoms with Crippen LogP contribution in [-0.4, -0.2) is 17.0 Å². The molecule has 3 aromatic rings. The summed E-state index contributed by atoms with van der Waals surface area (Å²) in [5.41, 5.74) is -0.175. The summed E-state index contributed by atoms with van der Waals surface area (Å²) in [4.78, 5) is 23.1. The van der Waals surface area contributed by atoms with Crippen LogP contribution >= 0.6 is 22.9 Å². The predicted octanol–water partition coefficient (Wildman–Crippen LogP) is 5.30. The minimum Gasteiger partial charge on any atom is -0.477 e. The molecule has 4 nitrogen and oxygen atoms in total. The molecule has 0 atom stereocenters. The maximum absolute atomic E-state index is 14.4. The lowest BCUT2D eigenvalue weighted by Gasteiger charge is -2.11. The largest absolute Gasteiger partial charge is 0.477 e. The van der Waals surface area contributed by atoms with Crippen molar-refractivity contribution < 1.29 is 23.5 Å². The van der Waals surface area contributed by atoms with Crippen molar-refractivity contribution in [3.05, 3.63) is 74.9 Å². The number of benzene rings is 2. The zero-order valence-corrected chi connectivity index (χ0v) is 14.5. The monoisotopic (exact) mass is 393 g/mol. The number of aromatic carboxylic acids is 1. The molecular weight excluding hydrogens is 384 g/mol. The van der Waals surface area contributed by atoms with Gasteiger partial charge in [-0.3, -0.25) is 4.79 Å². The number of halogens is 3. The SMILES string of the molecule is O=C(Nc1c(F)cc(-c2ccccc2Cl)cc1F)c1ccsc1C(=O)O. The van der Waals surface area contributed by atoms with Crippen molar-refractivity contribution >= 4 is 40.5 Å². The van der Waals surface area contributed by atoms with Crippen LogP contribution in [0.1, 0.15) is 20.0 Å². The number of anilines is 1. The fourth-order valence-electron chi connectivity index (χ4n) is 2.38. The number of carbonyl (C=O) groups is 2. The molecule has 8 heteroatoms. The van der Waals surface area contributed by atoms with Crippen molar-refractivity contribution in [1.82, 2.24) is 0 Å². The van der Waals surface area contributed by atoms with Gasteiger partial charge in [0, 0.05) is 10.6 Å². The van der Waals surface area contributed by atoms with Gasteiger partial charge in [-0.15, -0.1) is 11.3 Å². The Bertz CT molecular complexity index is 996. The molecule has 0 fully saturated rings. The molecule has 2 aromatic carbocycles. The molecule has 1 amide bonds. The summed E-state index contributed by atoms with van der Waals surface area (Å²) in [6.45, 7) is 0. The van der Waals surface area contributed by atoms with Gasteiger partial charge in [0.1, 0.15) is 22.2 Å². The van der Waals surface area contributed by atoms with Crippen LogP contribution in [0.4, 0.5) is 14.5 Å². The van der Waals surface area contributed by atoms with E-state index in [9.17, 15) is 18.4 Å². The van der Waals surface area contributed by atoms with E-state index in [4.69, 9.17) is 16.7 Å². The first kappa shape index (κ1) is 18.0. The molecule has 2 N–H and O–H groups in total. The molecule has 1 aromatic heterocycles. The quantitative estimate of drug-likeness (QED) is 0.632. The Labute approximate surface area is 155 Å². The zero-order valence-electron chi connectivity index (χ0n) is 12.9. The number of rotatable bonds is 4. The average Bonchev–Trinajstić information content (AvgIpc) is 3.08. The van der Waals surface area contributed by atoms with Crippen LogP contribution < -0.4 is 5.32 Å². The van der Waals surface area contributed by atoms with Gasteiger partial charge in [-0.1, -0.05) is 29.8 Å². The normalized spacial score (nSPS) is 10.6. The lowest BCUT2D eigenvalue weighted by atomic mass is 10.0. The van der Waals surface area contributed by atoms with Gasteiger partial charge in [-0.05, 0) is 35.2 Å². The van der Waals surface area contributed by atoms with E-state index in [1.54, 1.807) is 24.3 Å². The van der Waals surface area contributed by atoms with E-state index in [1.165, 1.54) is 11.4 Å². The standard InChI is InChI=1S/C18H10ClF2NO3S/c19-12-4-2-1-3-10(12)9-7-13(20)15(14(21)8-9)22-17(23)11-5-6-26-16(11)18(24)25/h1-8H,(H,22,23)(H,24,25). The molecular formula is C18H10ClF2NO3S. The van der Waals surface area contributed by atoms with Gasteiger partial charge in [-0.25, -0.2) is 13.6 Å². The Morgan fingerprint density at radius 1 is 1.08 bits per heavy atom. The molecule has 0 radical (unpaired) electrons. The first-order chi connectivity index (χ1) is 12.4. The molecule has 0 saturated heterocycles. The molecule has 0 aliphatic carbocycles. The van der Waals surface area contributed by atoms with Crippen molar-refractivity contribution in [3.63, 3.8) is 0 Å².